The Morgan fingerprint density at radius 1 is 1.35 bits per heavy atom. The second kappa shape index (κ2) is 9.99. The summed E-state index contributed by atoms with van der Waals surface area (Å²) in [5.41, 5.74) is 3.18. The zero-order chi connectivity index (χ0) is 18.9. The molecule has 0 aliphatic carbocycles. The molecule has 2 aromatic rings. The van der Waals surface area contributed by atoms with Gasteiger partial charge in [0.05, 0.1) is 20.3 Å². The van der Waals surface area contributed by atoms with Gasteiger partial charge in [-0.25, -0.2) is 4.98 Å². The summed E-state index contributed by atoms with van der Waals surface area (Å²) in [6.07, 6.45) is 4.40. The fourth-order valence-electron chi connectivity index (χ4n) is 3.02. The smallest absolute Gasteiger partial charge is 0.164 e. The first-order chi connectivity index (χ1) is 12.6. The number of methoxy groups -OCH3 is 1. The van der Waals surface area contributed by atoms with Gasteiger partial charge in [0.2, 0.25) is 0 Å². The third-order valence-corrected chi connectivity index (χ3v) is 4.03. The van der Waals surface area contributed by atoms with E-state index in [1.54, 1.807) is 7.11 Å². The van der Waals surface area contributed by atoms with Gasteiger partial charge in [0.1, 0.15) is 5.82 Å². The Balaban J connectivity index is 2.27. The Kier molecular flexibility index (Phi) is 7.69. The van der Waals surface area contributed by atoms with E-state index in [4.69, 9.17) is 9.47 Å². The molecule has 0 fully saturated rings. The van der Waals surface area contributed by atoms with Gasteiger partial charge in [-0.1, -0.05) is 12.1 Å². The maximum Gasteiger partial charge on any atom is 0.164 e. The van der Waals surface area contributed by atoms with Crippen LogP contribution in [0.25, 0.3) is 0 Å². The van der Waals surface area contributed by atoms with Gasteiger partial charge in [-0.05, 0) is 31.9 Å². The number of aryl methyl sites for hydroxylation is 1. The number of H-pyrrole nitrogens is 1. The van der Waals surface area contributed by atoms with Gasteiger partial charge in [0.15, 0.2) is 11.5 Å². The summed E-state index contributed by atoms with van der Waals surface area (Å²) in [7, 11) is 1.66. The van der Waals surface area contributed by atoms with Crippen molar-refractivity contribution in [1.82, 2.24) is 14.9 Å². The molecule has 142 valence electrons. The molecule has 0 radical (unpaired) electrons. The first-order valence-corrected chi connectivity index (χ1v) is 8.88. The number of aromatic amines is 1. The van der Waals surface area contributed by atoms with E-state index in [-0.39, 0.29) is 6.61 Å². The van der Waals surface area contributed by atoms with Crippen LogP contribution < -0.4 is 9.47 Å². The van der Waals surface area contributed by atoms with Crippen LogP contribution in [0.4, 0.5) is 0 Å². The van der Waals surface area contributed by atoms with Crippen LogP contribution in [0.15, 0.2) is 31.0 Å². The molecule has 2 rings (SSSR count). The van der Waals surface area contributed by atoms with Crippen LogP contribution in [0, 0.1) is 6.92 Å². The number of hydrogen-bond donors (Lipinski definition) is 2. The summed E-state index contributed by atoms with van der Waals surface area (Å²) in [6.45, 7) is 10.3. The Morgan fingerprint density at radius 2 is 2.15 bits per heavy atom. The van der Waals surface area contributed by atoms with Gasteiger partial charge >= 0.3 is 0 Å². The minimum Gasteiger partial charge on any atom is -0.493 e. The van der Waals surface area contributed by atoms with Gasteiger partial charge in [-0.3, -0.25) is 4.90 Å². The molecule has 6 nitrogen and oxygen atoms in total. The highest BCUT2D eigenvalue weighted by Gasteiger charge is 2.15. The zero-order valence-electron chi connectivity index (χ0n) is 15.9. The first kappa shape index (κ1) is 20.0. The molecule has 0 bridgehead atoms. The van der Waals surface area contributed by atoms with Crippen molar-refractivity contribution in [3.05, 3.63) is 53.6 Å². The number of imidazole rings is 1. The lowest BCUT2D eigenvalue weighted by atomic mass is 10.0. The van der Waals surface area contributed by atoms with E-state index in [0.717, 1.165) is 34.1 Å². The number of nitrogens with one attached hydrogen (secondary N) is 1. The van der Waals surface area contributed by atoms with Crippen molar-refractivity contribution >= 4 is 0 Å². The number of aliphatic hydroxyl groups is 1. The Morgan fingerprint density at radius 3 is 2.73 bits per heavy atom. The van der Waals surface area contributed by atoms with Crippen LogP contribution in [0.1, 0.15) is 29.6 Å². The summed E-state index contributed by atoms with van der Waals surface area (Å²) in [6, 6.07) is 4.13. The van der Waals surface area contributed by atoms with Crippen LogP contribution in [0.5, 0.6) is 11.5 Å². The maximum absolute atomic E-state index is 9.43. The highest BCUT2D eigenvalue weighted by atomic mass is 16.5. The number of rotatable bonds is 11. The van der Waals surface area contributed by atoms with E-state index in [9.17, 15) is 5.11 Å². The minimum atomic E-state index is 0.0983. The van der Waals surface area contributed by atoms with Crippen molar-refractivity contribution in [3.63, 3.8) is 0 Å². The summed E-state index contributed by atoms with van der Waals surface area (Å²) in [5.74, 6) is 2.39. The number of aromatic nitrogens is 2. The third-order valence-electron chi connectivity index (χ3n) is 4.03. The van der Waals surface area contributed by atoms with Crippen molar-refractivity contribution in [2.24, 2.45) is 0 Å². The molecule has 2 N–H and O–H groups in total. The van der Waals surface area contributed by atoms with E-state index in [1.165, 1.54) is 0 Å². The minimum absolute atomic E-state index is 0.0983. The van der Waals surface area contributed by atoms with Crippen LogP contribution in [-0.2, 0) is 19.5 Å². The number of aliphatic hydroxyl groups excluding tert-OH is 1. The van der Waals surface area contributed by atoms with Gasteiger partial charge in [0, 0.05) is 37.1 Å². The molecule has 0 spiro atoms. The number of nitrogens with zero attached hydrogens (tertiary/aromatic N) is 2. The second-order valence-electron chi connectivity index (χ2n) is 6.14. The molecule has 0 aliphatic heterocycles. The SMILES string of the molecule is C=CCc1cc(CN(CCO)Cc2cnc(C)[nH]2)cc(OCC)c1OC. The van der Waals surface area contributed by atoms with Crippen LogP contribution in [0.3, 0.4) is 0 Å². The summed E-state index contributed by atoms with van der Waals surface area (Å²) < 4.78 is 11.3. The number of hydrogen-bond acceptors (Lipinski definition) is 5. The molecule has 0 unspecified atom stereocenters. The lowest BCUT2D eigenvalue weighted by Crippen LogP contribution is -2.26. The lowest BCUT2D eigenvalue weighted by Gasteiger charge is -2.22. The van der Waals surface area contributed by atoms with Crippen LogP contribution in [0.2, 0.25) is 0 Å². The van der Waals surface area contributed by atoms with Crippen LogP contribution in [-0.4, -0.2) is 46.8 Å². The molecule has 0 amide bonds. The Hall–Kier alpha value is -2.31. The molecular formula is C20H29N3O3. The Bertz CT molecular complexity index is 712. The molecule has 0 saturated carbocycles. The summed E-state index contributed by atoms with van der Waals surface area (Å²) in [4.78, 5) is 9.65. The van der Waals surface area contributed by atoms with Gasteiger partial charge in [0.25, 0.3) is 0 Å². The summed E-state index contributed by atoms with van der Waals surface area (Å²) >= 11 is 0. The topological polar surface area (TPSA) is 70.6 Å². The number of allylic oxidation sites excluding steroid dienone is 1. The average Bonchev–Trinajstić information content (AvgIpc) is 3.00. The molecule has 0 saturated heterocycles. The lowest BCUT2D eigenvalue weighted by molar-refractivity contribution is 0.182. The van der Waals surface area contributed by atoms with Gasteiger partial charge in [-0.15, -0.1) is 6.58 Å². The zero-order valence-corrected chi connectivity index (χ0v) is 15.9. The quantitative estimate of drug-likeness (QED) is 0.604. The standard InChI is InChI=1S/C20H29N3O3/c1-5-7-17-10-16(11-19(26-6-2)20(17)25-4)13-23(8-9-24)14-18-12-21-15(3)22-18/h5,10-12,24H,1,6-9,13-14H2,2-4H3,(H,21,22). The highest BCUT2D eigenvalue weighted by Crippen LogP contribution is 2.34. The predicted octanol–water partition coefficient (Wildman–Crippen LogP) is 2.85. The second-order valence-corrected chi connectivity index (χ2v) is 6.14. The molecule has 6 heteroatoms. The summed E-state index contributed by atoms with van der Waals surface area (Å²) in [5, 5.41) is 9.43. The fourth-order valence-corrected chi connectivity index (χ4v) is 3.02. The maximum atomic E-state index is 9.43. The molecule has 0 atom stereocenters. The monoisotopic (exact) mass is 359 g/mol. The van der Waals surface area contributed by atoms with E-state index in [2.05, 4.69) is 27.5 Å². The predicted molar refractivity (Wildman–Crippen MR) is 103 cm³/mol. The average molecular weight is 359 g/mol. The molecular weight excluding hydrogens is 330 g/mol. The molecule has 1 heterocycles. The van der Waals surface area contributed by atoms with Gasteiger partial charge < -0.3 is 19.6 Å². The normalized spacial score (nSPS) is 11.0. The third kappa shape index (κ3) is 5.34. The first-order valence-electron chi connectivity index (χ1n) is 8.88. The fraction of sp³-hybridized carbons (Fsp3) is 0.450. The van der Waals surface area contributed by atoms with E-state index in [0.29, 0.717) is 32.7 Å². The van der Waals surface area contributed by atoms with Crippen molar-refractivity contribution in [3.8, 4) is 11.5 Å². The Labute approximate surface area is 155 Å². The van der Waals surface area contributed by atoms with Crippen molar-refractivity contribution in [2.75, 3.05) is 26.9 Å². The molecule has 0 aliphatic rings. The molecule has 1 aromatic carbocycles. The van der Waals surface area contributed by atoms with Crippen molar-refractivity contribution in [1.29, 1.82) is 0 Å². The van der Waals surface area contributed by atoms with Crippen molar-refractivity contribution in [2.45, 2.75) is 33.4 Å². The van der Waals surface area contributed by atoms with E-state index < -0.39 is 0 Å². The van der Waals surface area contributed by atoms with Gasteiger partial charge in [-0.2, -0.15) is 0 Å². The van der Waals surface area contributed by atoms with E-state index >= 15 is 0 Å². The molecule has 26 heavy (non-hydrogen) atoms. The number of ether oxygens (including phenoxy) is 2. The van der Waals surface area contributed by atoms with Crippen LogP contribution >= 0.6 is 0 Å². The van der Waals surface area contributed by atoms with Crippen molar-refractivity contribution < 1.29 is 14.6 Å². The highest BCUT2D eigenvalue weighted by molar-refractivity contribution is 5.50. The molecule has 1 aromatic heterocycles. The largest absolute Gasteiger partial charge is 0.493 e. The number of benzene rings is 1. The van der Waals surface area contributed by atoms with E-state index in [1.807, 2.05) is 32.2 Å².